The van der Waals surface area contributed by atoms with Crippen molar-refractivity contribution >= 4 is 17.6 Å². The summed E-state index contributed by atoms with van der Waals surface area (Å²) in [6.45, 7) is 5.74. The third-order valence-electron chi connectivity index (χ3n) is 3.77. The zero-order valence-electron chi connectivity index (χ0n) is 12.7. The molecule has 1 aromatic rings. The number of urea groups is 1. The Hall–Kier alpha value is -1.42. The molecule has 0 unspecified atom stereocenters. The second kappa shape index (κ2) is 7.55. The molecule has 0 bridgehead atoms. The number of amides is 2. The van der Waals surface area contributed by atoms with Crippen LogP contribution in [0.5, 0.6) is 5.75 Å². The average molecular weight is 311 g/mol. The summed E-state index contributed by atoms with van der Waals surface area (Å²) in [5.41, 5.74) is 1.95. The third kappa shape index (κ3) is 4.53. The van der Waals surface area contributed by atoms with Crippen molar-refractivity contribution in [3.8, 4) is 5.75 Å². The van der Waals surface area contributed by atoms with Gasteiger partial charge in [0, 0.05) is 18.1 Å². The Bertz CT molecular complexity index is 474. The van der Waals surface area contributed by atoms with Crippen molar-refractivity contribution in [1.29, 1.82) is 0 Å². The topological polar surface area (TPSA) is 41.6 Å². The quantitative estimate of drug-likeness (QED) is 0.861. The van der Waals surface area contributed by atoms with Crippen LogP contribution in [0.3, 0.4) is 0 Å². The maximum absolute atomic E-state index is 12.0. The SMILES string of the molecule is Cc1cc(OCNC(=O)N2CCCCCC2)cc(C)c1Cl. The van der Waals surface area contributed by atoms with E-state index in [-0.39, 0.29) is 12.8 Å². The lowest BCUT2D eigenvalue weighted by Crippen LogP contribution is -2.41. The summed E-state index contributed by atoms with van der Waals surface area (Å²) in [7, 11) is 0. The number of halogens is 1. The molecule has 5 heteroatoms. The van der Waals surface area contributed by atoms with E-state index in [2.05, 4.69) is 5.32 Å². The van der Waals surface area contributed by atoms with Gasteiger partial charge in [0.2, 0.25) is 0 Å². The van der Waals surface area contributed by atoms with Gasteiger partial charge in [-0.25, -0.2) is 4.79 Å². The van der Waals surface area contributed by atoms with Gasteiger partial charge in [-0.1, -0.05) is 24.4 Å². The summed E-state index contributed by atoms with van der Waals surface area (Å²) in [6, 6.07) is 3.72. The molecule has 1 fully saturated rings. The first kappa shape index (κ1) is 16.0. The summed E-state index contributed by atoms with van der Waals surface area (Å²) in [4.78, 5) is 13.9. The number of benzene rings is 1. The van der Waals surface area contributed by atoms with Crippen molar-refractivity contribution < 1.29 is 9.53 Å². The predicted octanol–water partition coefficient (Wildman–Crippen LogP) is 3.88. The van der Waals surface area contributed by atoms with Crippen molar-refractivity contribution in [2.45, 2.75) is 39.5 Å². The number of hydrogen-bond acceptors (Lipinski definition) is 2. The minimum Gasteiger partial charge on any atom is -0.473 e. The summed E-state index contributed by atoms with van der Waals surface area (Å²) < 4.78 is 5.60. The molecule has 21 heavy (non-hydrogen) atoms. The molecule has 0 radical (unpaired) electrons. The van der Waals surface area contributed by atoms with Crippen LogP contribution in [0.2, 0.25) is 5.02 Å². The smallest absolute Gasteiger partial charge is 0.320 e. The highest BCUT2D eigenvalue weighted by molar-refractivity contribution is 6.32. The first-order valence-electron chi connectivity index (χ1n) is 7.50. The zero-order chi connectivity index (χ0) is 15.2. The fraction of sp³-hybridized carbons (Fsp3) is 0.562. The van der Waals surface area contributed by atoms with E-state index >= 15 is 0 Å². The minimum absolute atomic E-state index is 0.0423. The molecule has 1 aliphatic rings. The van der Waals surface area contributed by atoms with E-state index in [0.717, 1.165) is 47.8 Å². The molecule has 0 spiro atoms. The van der Waals surface area contributed by atoms with E-state index < -0.39 is 0 Å². The molecule has 0 aromatic heterocycles. The standard InChI is InChI=1S/C16H23ClN2O2/c1-12-9-14(10-13(2)15(12)17)21-11-18-16(20)19-7-5-3-4-6-8-19/h9-10H,3-8,11H2,1-2H3,(H,18,20). The highest BCUT2D eigenvalue weighted by Gasteiger charge is 2.14. The van der Waals surface area contributed by atoms with Crippen LogP contribution < -0.4 is 10.1 Å². The second-order valence-electron chi connectivity index (χ2n) is 5.54. The lowest BCUT2D eigenvalue weighted by molar-refractivity contribution is 0.186. The Morgan fingerprint density at radius 1 is 1.19 bits per heavy atom. The fourth-order valence-corrected chi connectivity index (χ4v) is 2.67. The summed E-state index contributed by atoms with van der Waals surface area (Å²) >= 11 is 6.12. The Morgan fingerprint density at radius 2 is 1.76 bits per heavy atom. The molecule has 0 saturated carbocycles. The van der Waals surface area contributed by atoms with Gasteiger partial charge in [0.25, 0.3) is 0 Å². The average Bonchev–Trinajstić information content (AvgIpc) is 2.73. The lowest BCUT2D eigenvalue weighted by Gasteiger charge is -2.21. The number of ether oxygens (including phenoxy) is 1. The molecular formula is C16H23ClN2O2. The Labute approximate surface area is 131 Å². The normalized spacial score (nSPS) is 15.5. The number of carbonyl (C=O) groups is 1. The summed E-state index contributed by atoms with van der Waals surface area (Å²) in [5, 5.41) is 3.57. The van der Waals surface area contributed by atoms with Crippen molar-refractivity contribution in [3.63, 3.8) is 0 Å². The van der Waals surface area contributed by atoms with Crippen LogP contribution in [0.1, 0.15) is 36.8 Å². The van der Waals surface area contributed by atoms with Crippen LogP contribution in [0.25, 0.3) is 0 Å². The van der Waals surface area contributed by atoms with Gasteiger partial charge in [-0.05, 0) is 49.9 Å². The largest absolute Gasteiger partial charge is 0.473 e. The number of rotatable bonds is 3. The van der Waals surface area contributed by atoms with Crippen molar-refractivity contribution in [1.82, 2.24) is 10.2 Å². The number of nitrogens with one attached hydrogen (secondary N) is 1. The first-order chi connectivity index (χ1) is 10.1. The van der Waals surface area contributed by atoms with Gasteiger partial charge in [0.05, 0.1) is 0 Å². The van der Waals surface area contributed by atoms with Gasteiger partial charge in [-0.15, -0.1) is 0 Å². The van der Waals surface area contributed by atoms with E-state index in [1.54, 1.807) is 0 Å². The fourth-order valence-electron chi connectivity index (χ4n) is 2.56. The number of nitrogens with zero attached hydrogens (tertiary/aromatic N) is 1. The number of aryl methyl sites for hydroxylation is 2. The molecule has 1 aliphatic heterocycles. The lowest BCUT2D eigenvalue weighted by atomic mass is 10.1. The van der Waals surface area contributed by atoms with E-state index in [0.29, 0.717) is 0 Å². The first-order valence-corrected chi connectivity index (χ1v) is 7.88. The van der Waals surface area contributed by atoms with Crippen LogP contribution in [0.15, 0.2) is 12.1 Å². The molecule has 1 saturated heterocycles. The van der Waals surface area contributed by atoms with Gasteiger partial charge in [-0.2, -0.15) is 0 Å². The minimum atomic E-state index is -0.0423. The number of likely N-dealkylation sites (tertiary alicyclic amines) is 1. The molecule has 116 valence electrons. The Kier molecular flexibility index (Phi) is 5.74. The van der Waals surface area contributed by atoms with E-state index in [1.807, 2.05) is 30.9 Å². The second-order valence-corrected chi connectivity index (χ2v) is 5.92. The van der Waals surface area contributed by atoms with Crippen LogP contribution in [-0.4, -0.2) is 30.8 Å². The highest BCUT2D eigenvalue weighted by Crippen LogP contribution is 2.25. The molecule has 2 amide bonds. The molecule has 1 aromatic carbocycles. The Balaban J connectivity index is 1.82. The monoisotopic (exact) mass is 310 g/mol. The maximum atomic E-state index is 12.0. The summed E-state index contributed by atoms with van der Waals surface area (Å²) in [6.07, 6.45) is 4.60. The third-order valence-corrected chi connectivity index (χ3v) is 4.36. The highest BCUT2D eigenvalue weighted by atomic mass is 35.5. The molecule has 4 nitrogen and oxygen atoms in total. The van der Waals surface area contributed by atoms with Gasteiger partial charge in [0.1, 0.15) is 5.75 Å². The molecular weight excluding hydrogens is 288 g/mol. The van der Waals surface area contributed by atoms with Crippen molar-refractivity contribution in [3.05, 3.63) is 28.3 Å². The van der Waals surface area contributed by atoms with Crippen LogP contribution in [0.4, 0.5) is 4.79 Å². The van der Waals surface area contributed by atoms with Crippen molar-refractivity contribution in [2.75, 3.05) is 19.8 Å². The van der Waals surface area contributed by atoms with Gasteiger partial charge in [-0.3, -0.25) is 0 Å². The van der Waals surface area contributed by atoms with Gasteiger partial charge < -0.3 is 15.0 Å². The van der Waals surface area contributed by atoms with Gasteiger partial charge >= 0.3 is 6.03 Å². The van der Waals surface area contributed by atoms with Gasteiger partial charge in [0.15, 0.2) is 6.73 Å². The predicted molar refractivity (Wildman–Crippen MR) is 85.0 cm³/mol. The van der Waals surface area contributed by atoms with Crippen LogP contribution in [0, 0.1) is 13.8 Å². The molecule has 0 aliphatic carbocycles. The molecule has 2 rings (SSSR count). The van der Waals surface area contributed by atoms with Crippen LogP contribution in [-0.2, 0) is 0 Å². The number of hydrogen-bond donors (Lipinski definition) is 1. The van der Waals surface area contributed by atoms with E-state index in [4.69, 9.17) is 16.3 Å². The maximum Gasteiger partial charge on any atom is 0.320 e. The Morgan fingerprint density at radius 3 is 2.33 bits per heavy atom. The van der Waals surface area contributed by atoms with Crippen molar-refractivity contribution in [2.24, 2.45) is 0 Å². The number of carbonyl (C=O) groups excluding carboxylic acids is 1. The van der Waals surface area contributed by atoms with Crippen LogP contribution >= 0.6 is 11.6 Å². The summed E-state index contributed by atoms with van der Waals surface area (Å²) in [5.74, 6) is 0.727. The molecule has 1 heterocycles. The molecule has 0 atom stereocenters. The molecule has 1 N–H and O–H groups in total. The van der Waals surface area contributed by atoms with E-state index in [1.165, 1.54) is 12.8 Å². The zero-order valence-corrected chi connectivity index (χ0v) is 13.5. The van der Waals surface area contributed by atoms with E-state index in [9.17, 15) is 4.79 Å².